The van der Waals surface area contributed by atoms with Gasteiger partial charge in [0.1, 0.15) is 0 Å². The minimum Gasteiger partial charge on any atom is -0.355 e. The molecule has 0 saturated heterocycles. The van der Waals surface area contributed by atoms with E-state index in [0.29, 0.717) is 23.8 Å². The van der Waals surface area contributed by atoms with Gasteiger partial charge in [0.05, 0.1) is 6.54 Å². The molecule has 2 N–H and O–H groups in total. The molecular weight excluding hydrogens is 334 g/mol. The summed E-state index contributed by atoms with van der Waals surface area (Å²) in [7, 11) is 1.60. The summed E-state index contributed by atoms with van der Waals surface area (Å²) < 4.78 is 0. The first-order chi connectivity index (χ1) is 12.1. The Bertz CT molecular complexity index is 754. The van der Waals surface area contributed by atoms with E-state index in [2.05, 4.69) is 33.9 Å². The maximum Gasteiger partial charge on any atom is 0.251 e. The number of nitrogens with zero attached hydrogens (tertiary/aromatic N) is 1. The van der Waals surface area contributed by atoms with Gasteiger partial charge in [0.2, 0.25) is 5.91 Å². The summed E-state index contributed by atoms with van der Waals surface area (Å²) in [5.41, 5.74) is 2.66. The standard InChI is InChI=1S/C19H23N3O2S/c1-3-16-15-9-11-25-17(15)8-10-22(16)12-18(23)21-14-6-4-13(5-7-14)19(24)20-2/h4-7,9,11,16H,3,8,10,12H2,1-2H3,(H,20,24)(H,21,23)/t16-/m0/s1. The zero-order valence-electron chi connectivity index (χ0n) is 14.5. The van der Waals surface area contributed by atoms with Gasteiger partial charge in [0.25, 0.3) is 5.91 Å². The van der Waals surface area contributed by atoms with Gasteiger partial charge in [-0.2, -0.15) is 0 Å². The molecule has 1 aliphatic heterocycles. The highest BCUT2D eigenvalue weighted by atomic mass is 32.1. The molecule has 0 saturated carbocycles. The van der Waals surface area contributed by atoms with E-state index in [1.165, 1.54) is 10.4 Å². The Kier molecular flexibility index (Phi) is 5.50. The zero-order valence-corrected chi connectivity index (χ0v) is 15.4. The van der Waals surface area contributed by atoms with Crippen molar-refractivity contribution in [3.8, 4) is 0 Å². The summed E-state index contributed by atoms with van der Waals surface area (Å²) in [5, 5.41) is 7.65. The van der Waals surface area contributed by atoms with E-state index in [9.17, 15) is 9.59 Å². The average Bonchev–Trinajstić information content (AvgIpc) is 3.10. The SMILES string of the molecule is CC[C@H]1c2ccsc2CCN1CC(=O)Nc1ccc(C(=O)NC)cc1. The summed E-state index contributed by atoms with van der Waals surface area (Å²) in [4.78, 5) is 27.7. The lowest BCUT2D eigenvalue weighted by Crippen LogP contribution is -2.40. The lowest BCUT2D eigenvalue weighted by molar-refractivity contribution is -0.118. The third-order valence-corrected chi connectivity index (χ3v) is 5.59. The lowest BCUT2D eigenvalue weighted by atomic mass is 9.98. The van der Waals surface area contributed by atoms with Gasteiger partial charge < -0.3 is 10.6 Å². The number of hydrogen-bond donors (Lipinski definition) is 2. The number of hydrogen-bond acceptors (Lipinski definition) is 4. The van der Waals surface area contributed by atoms with Crippen LogP contribution in [-0.4, -0.2) is 36.9 Å². The highest BCUT2D eigenvalue weighted by molar-refractivity contribution is 7.10. The fourth-order valence-corrected chi connectivity index (χ4v) is 4.28. The van der Waals surface area contributed by atoms with E-state index in [4.69, 9.17) is 0 Å². The van der Waals surface area contributed by atoms with Crippen LogP contribution in [0, 0.1) is 0 Å². The molecule has 0 aliphatic carbocycles. The first-order valence-corrected chi connectivity index (χ1v) is 9.42. The van der Waals surface area contributed by atoms with Crippen molar-refractivity contribution in [2.75, 3.05) is 25.5 Å². The fourth-order valence-electron chi connectivity index (χ4n) is 3.35. The molecule has 0 radical (unpaired) electrons. The highest BCUT2D eigenvalue weighted by Crippen LogP contribution is 2.34. The van der Waals surface area contributed by atoms with E-state index in [-0.39, 0.29) is 11.8 Å². The van der Waals surface area contributed by atoms with Crippen molar-refractivity contribution in [1.29, 1.82) is 0 Å². The molecule has 132 valence electrons. The molecule has 0 fully saturated rings. The molecule has 1 aliphatic rings. The number of amides is 2. The Hall–Kier alpha value is -2.18. The molecule has 6 heteroatoms. The molecular formula is C19H23N3O2S. The number of carbonyl (C=O) groups is 2. The number of fused-ring (bicyclic) bond motifs is 1. The summed E-state index contributed by atoms with van der Waals surface area (Å²) in [6.45, 7) is 3.46. The average molecular weight is 357 g/mol. The molecule has 2 aromatic rings. The number of rotatable bonds is 5. The molecule has 2 heterocycles. The Morgan fingerprint density at radius 1 is 1.24 bits per heavy atom. The molecule has 0 unspecified atom stereocenters. The number of nitrogens with one attached hydrogen (secondary N) is 2. The summed E-state index contributed by atoms with van der Waals surface area (Å²) in [6, 6.07) is 9.44. The van der Waals surface area contributed by atoms with Crippen LogP contribution in [0.25, 0.3) is 0 Å². The van der Waals surface area contributed by atoms with Crippen LogP contribution in [-0.2, 0) is 11.2 Å². The van der Waals surface area contributed by atoms with E-state index in [1.807, 2.05) is 11.3 Å². The maximum absolute atomic E-state index is 12.4. The molecule has 0 bridgehead atoms. The van der Waals surface area contributed by atoms with E-state index >= 15 is 0 Å². The van der Waals surface area contributed by atoms with Crippen molar-refractivity contribution in [3.05, 3.63) is 51.7 Å². The second kappa shape index (κ2) is 7.80. The quantitative estimate of drug-likeness (QED) is 0.865. The fraction of sp³-hybridized carbons (Fsp3) is 0.368. The molecule has 2 amide bonds. The Morgan fingerprint density at radius 2 is 2.00 bits per heavy atom. The van der Waals surface area contributed by atoms with Gasteiger partial charge in [-0.15, -0.1) is 11.3 Å². The van der Waals surface area contributed by atoms with Gasteiger partial charge in [-0.05, 0) is 54.1 Å². The van der Waals surface area contributed by atoms with Crippen molar-refractivity contribution >= 4 is 28.8 Å². The zero-order chi connectivity index (χ0) is 17.8. The summed E-state index contributed by atoms with van der Waals surface area (Å²) >= 11 is 1.81. The predicted molar refractivity (Wildman–Crippen MR) is 101 cm³/mol. The maximum atomic E-state index is 12.4. The van der Waals surface area contributed by atoms with Crippen LogP contribution in [0.2, 0.25) is 0 Å². The van der Waals surface area contributed by atoms with Crippen LogP contribution in [0.15, 0.2) is 35.7 Å². The van der Waals surface area contributed by atoms with Gasteiger partial charge in [0, 0.05) is 35.8 Å². The number of thiophene rings is 1. The molecule has 25 heavy (non-hydrogen) atoms. The van der Waals surface area contributed by atoms with Gasteiger partial charge >= 0.3 is 0 Å². The first kappa shape index (κ1) is 17.6. The molecule has 3 rings (SSSR count). The van der Waals surface area contributed by atoms with Gasteiger partial charge in [-0.3, -0.25) is 14.5 Å². The van der Waals surface area contributed by atoms with Crippen molar-refractivity contribution in [3.63, 3.8) is 0 Å². The molecule has 1 atom stereocenters. The lowest BCUT2D eigenvalue weighted by Gasteiger charge is -2.34. The third-order valence-electron chi connectivity index (χ3n) is 4.60. The van der Waals surface area contributed by atoms with Crippen LogP contribution in [0.5, 0.6) is 0 Å². The summed E-state index contributed by atoms with van der Waals surface area (Å²) in [5.74, 6) is -0.159. The van der Waals surface area contributed by atoms with E-state index in [0.717, 1.165) is 19.4 Å². The molecule has 1 aromatic carbocycles. The Morgan fingerprint density at radius 3 is 2.68 bits per heavy atom. The number of anilines is 1. The smallest absolute Gasteiger partial charge is 0.251 e. The minimum absolute atomic E-state index is 0.0233. The van der Waals surface area contributed by atoms with Crippen LogP contribution in [0.3, 0.4) is 0 Å². The number of benzene rings is 1. The topological polar surface area (TPSA) is 61.4 Å². The second-order valence-electron chi connectivity index (χ2n) is 6.15. The Labute approximate surface area is 152 Å². The summed E-state index contributed by atoms with van der Waals surface area (Å²) in [6.07, 6.45) is 2.01. The second-order valence-corrected chi connectivity index (χ2v) is 7.15. The van der Waals surface area contributed by atoms with Crippen molar-refractivity contribution in [2.24, 2.45) is 0 Å². The van der Waals surface area contributed by atoms with E-state index < -0.39 is 0 Å². The van der Waals surface area contributed by atoms with Crippen molar-refractivity contribution in [1.82, 2.24) is 10.2 Å². The first-order valence-electron chi connectivity index (χ1n) is 8.54. The monoisotopic (exact) mass is 357 g/mol. The third kappa shape index (κ3) is 3.91. The highest BCUT2D eigenvalue weighted by Gasteiger charge is 2.28. The normalized spacial score (nSPS) is 17.0. The molecule has 5 nitrogen and oxygen atoms in total. The van der Waals surface area contributed by atoms with Crippen LogP contribution >= 0.6 is 11.3 Å². The Balaban J connectivity index is 1.62. The van der Waals surface area contributed by atoms with Crippen LogP contribution in [0.4, 0.5) is 5.69 Å². The molecule has 0 spiro atoms. The van der Waals surface area contributed by atoms with Gasteiger partial charge in [0.15, 0.2) is 0 Å². The van der Waals surface area contributed by atoms with Crippen LogP contribution < -0.4 is 10.6 Å². The van der Waals surface area contributed by atoms with Gasteiger partial charge in [-0.1, -0.05) is 6.92 Å². The predicted octanol–water partition coefficient (Wildman–Crippen LogP) is 3.06. The van der Waals surface area contributed by atoms with Gasteiger partial charge in [-0.25, -0.2) is 0 Å². The largest absolute Gasteiger partial charge is 0.355 e. The molecule has 1 aromatic heterocycles. The minimum atomic E-state index is -0.136. The van der Waals surface area contributed by atoms with Crippen LogP contribution in [0.1, 0.15) is 40.2 Å². The van der Waals surface area contributed by atoms with Crippen molar-refractivity contribution in [2.45, 2.75) is 25.8 Å². The van der Waals surface area contributed by atoms with E-state index in [1.54, 1.807) is 31.3 Å². The van der Waals surface area contributed by atoms with Crippen molar-refractivity contribution < 1.29 is 9.59 Å². The number of carbonyl (C=O) groups excluding carboxylic acids is 2.